The molecule has 1 heterocycles. The standard InChI is InChI=1S/C17H24FN3O4S.ClH/c18-15-5-4-14(20-17(22)12-2-1-3-13(19)10-12)11-16(15)26(23,24)21-6-8-25-9-7-21;/h4-5,11-13H,1-3,6-10,19H2,(H,20,22);1H. The van der Waals surface area contributed by atoms with Crippen molar-refractivity contribution in [2.45, 2.75) is 36.6 Å². The smallest absolute Gasteiger partial charge is 0.246 e. The lowest BCUT2D eigenvalue weighted by atomic mass is 9.85. The van der Waals surface area contributed by atoms with Crippen molar-refractivity contribution in [2.24, 2.45) is 11.7 Å². The van der Waals surface area contributed by atoms with Gasteiger partial charge in [0, 0.05) is 30.7 Å². The monoisotopic (exact) mass is 421 g/mol. The Hall–Kier alpha value is -1.26. The van der Waals surface area contributed by atoms with Crippen molar-refractivity contribution < 1.29 is 22.3 Å². The van der Waals surface area contributed by atoms with Crippen LogP contribution in [-0.2, 0) is 19.6 Å². The first-order valence-electron chi connectivity index (χ1n) is 8.82. The molecule has 7 nitrogen and oxygen atoms in total. The first kappa shape index (κ1) is 22.0. The second-order valence-corrected chi connectivity index (χ2v) is 8.68. The summed E-state index contributed by atoms with van der Waals surface area (Å²) < 4.78 is 45.9. The molecule has 2 fully saturated rings. The highest BCUT2D eigenvalue weighted by atomic mass is 35.5. The van der Waals surface area contributed by atoms with E-state index in [1.807, 2.05) is 0 Å². The largest absolute Gasteiger partial charge is 0.379 e. The molecule has 0 radical (unpaired) electrons. The normalized spacial score (nSPS) is 24.1. The lowest BCUT2D eigenvalue weighted by molar-refractivity contribution is -0.120. The van der Waals surface area contributed by atoms with Gasteiger partial charge in [0.05, 0.1) is 13.2 Å². The number of nitrogens with zero attached hydrogens (tertiary/aromatic N) is 1. The van der Waals surface area contributed by atoms with Gasteiger partial charge in [-0.2, -0.15) is 4.31 Å². The van der Waals surface area contributed by atoms with Crippen LogP contribution in [-0.4, -0.2) is 51.0 Å². The number of hydrogen-bond acceptors (Lipinski definition) is 5. The van der Waals surface area contributed by atoms with Crippen LogP contribution < -0.4 is 11.1 Å². The summed E-state index contributed by atoms with van der Waals surface area (Å²) in [6.07, 6.45) is 3.15. The topological polar surface area (TPSA) is 102 Å². The van der Waals surface area contributed by atoms with Gasteiger partial charge in [-0.05, 0) is 37.5 Å². The summed E-state index contributed by atoms with van der Waals surface area (Å²) in [5.41, 5.74) is 6.18. The minimum atomic E-state index is -3.98. The van der Waals surface area contributed by atoms with Gasteiger partial charge in [-0.25, -0.2) is 12.8 Å². The average Bonchev–Trinajstić information content (AvgIpc) is 2.64. The molecule has 3 N–H and O–H groups in total. The zero-order chi connectivity index (χ0) is 18.7. The minimum Gasteiger partial charge on any atom is -0.379 e. The molecule has 3 rings (SSSR count). The molecule has 1 aromatic carbocycles. The molecule has 2 aliphatic rings. The maximum absolute atomic E-state index is 14.2. The fourth-order valence-corrected chi connectivity index (χ4v) is 4.91. The molecular weight excluding hydrogens is 397 g/mol. The summed E-state index contributed by atoms with van der Waals surface area (Å²) in [6.45, 7) is 0.912. The molecule has 27 heavy (non-hydrogen) atoms. The maximum Gasteiger partial charge on any atom is 0.246 e. The second kappa shape index (κ2) is 9.29. The summed E-state index contributed by atoms with van der Waals surface area (Å²) in [5.74, 6) is -1.25. The molecule has 0 aromatic heterocycles. The van der Waals surface area contributed by atoms with E-state index in [9.17, 15) is 17.6 Å². The van der Waals surface area contributed by atoms with Crippen LogP contribution in [0.5, 0.6) is 0 Å². The minimum absolute atomic E-state index is 0. The first-order chi connectivity index (χ1) is 12.4. The quantitative estimate of drug-likeness (QED) is 0.770. The Kier molecular flexibility index (Phi) is 7.58. The van der Waals surface area contributed by atoms with Gasteiger partial charge < -0.3 is 15.8 Å². The van der Waals surface area contributed by atoms with E-state index in [2.05, 4.69) is 5.32 Å². The molecule has 1 saturated carbocycles. The number of carbonyl (C=O) groups excluding carboxylic acids is 1. The summed E-state index contributed by atoms with van der Waals surface area (Å²) in [5, 5.41) is 2.71. The molecule has 1 saturated heterocycles. The third kappa shape index (κ3) is 5.17. The van der Waals surface area contributed by atoms with E-state index in [1.54, 1.807) is 0 Å². The lowest BCUT2D eigenvalue weighted by Gasteiger charge is -2.27. The zero-order valence-electron chi connectivity index (χ0n) is 14.9. The number of anilines is 1. The van der Waals surface area contributed by atoms with Crippen LogP contribution in [0, 0.1) is 11.7 Å². The molecule has 1 aliphatic heterocycles. The summed E-state index contributed by atoms with van der Waals surface area (Å²) in [6, 6.07) is 3.62. The average molecular weight is 422 g/mol. The zero-order valence-corrected chi connectivity index (χ0v) is 16.5. The highest BCUT2D eigenvalue weighted by Gasteiger charge is 2.30. The fraction of sp³-hybridized carbons (Fsp3) is 0.588. The maximum atomic E-state index is 14.2. The first-order valence-corrected chi connectivity index (χ1v) is 10.3. The van der Waals surface area contributed by atoms with Crippen molar-refractivity contribution in [3.63, 3.8) is 0 Å². The van der Waals surface area contributed by atoms with Crippen molar-refractivity contribution in [1.29, 1.82) is 0 Å². The Morgan fingerprint density at radius 1 is 1.26 bits per heavy atom. The van der Waals surface area contributed by atoms with Crippen LogP contribution in [0.1, 0.15) is 25.7 Å². The Bertz CT molecular complexity index is 771. The van der Waals surface area contributed by atoms with Gasteiger partial charge >= 0.3 is 0 Å². The number of sulfonamides is 1. The Labute approximate surface area is 164 Å². The molecule has 1 aromatic rings. The Balaban J connectivity index is 0.00000261. The van der Waals surface area contributed by atoms with E-state index in [-0.39, 0.29) is 62.3 Å². The predicted octanol–water partition coefficient (Wildman–Crippen LogP) is 1.72. The molecule has 2 atom stereocenters. The van der Waals surface area contributed by atoms with Crippen LogP contribution in [0.2, 0.25) is 0 Å². The van der Waals surface area contributed by atoms with Gasteiger partial charge in [0.15, 0.2) is 0 Å². The lowest BCUT2D eigenvalue weighted by Crippen LogP contribution is -2.41. The number of morpholine rings is 1. The van der Waals surface area contributed by atoms with E-state index >= 15 is 0 Å². The van der Waals surface area contributed by atoms with E-state index in [4.69, 9.17) is 10.5 Å². The van der Waals surface area contributed by atoms with Gasteiger partial charge in [0.2, 0.25) is 15.9 Å². The number of carbonyl (C=O) groups is 1. The number of nitrogens with one attached hydrogen (secondary N) is 1. The van der Waals surface area contributed by atoms with Crippen LogP contribution in [0.15, 0.2) is 23.1 Å². The molecule has 0 bridgehead atoms. The number of amides is 1. The second-order valence-electron chi connectivity index (χ2n) is 6.77. The number of ether oxygens (including phenoxy) is 1. The number of hydrogen-bond donors (Lipinski definition) is 2. The van der Waals surface area contributed by atoms with E-state index in [0.717, 1.165) is 25.3 Å². The Morgan fingerprint density at radius 2 is 1.96 bits per heavy atom. The van der Waals surface area contributed by atoms with Crippen molar-refractivity contribution in [3.05, 3.63) is 24.0 Å². The third-order valence-electron chi connectivity index (χ3n) is 4.87. The van der Waals surface area contributed by atoms with Crippen LogP contribution in [0.4, 0.5) is 10.1 Å². The highest BCUT2D eigenvalue weighted by Crippen LogP contribution is 2.27. The predicted molar refractivity (Wildman–Crippen MR) is 102 cm³/mol. The van der Waals surface area contributed by atoms with E-state index < -0.39 is 20.7 Å². The molecule has 0 spiro atoms. The summed E-state index contributed by atoms with van der Waals surface area (Å²) in [4.78, 5) is 12.0. The van der Waals surface area contributed by atoms with Gasteiger partial charge in [-0.15, -0.1) is 12.4 Å². The molecule has 1 aliphatic carbocycles. The Morgan fingerprint density at radius 3 is 2.63 bits per heavy atom. The van der Waals surface area contributed by atoms with E-state index in [1.165, 1.54) is 16.4 Å². The summed E-state index contributed by atoms with van der Waals surface area (Å²) in [7, 11) is -3.98. The number of benzene rings is 1. The molecule has 1 amide bonds. The van der Waals surface area contributed by atoms with Crippen molar-refractivity contribution in [3.8, 4) is 0 Å². The summed E-state index contributed by atoms with van der Waals surface area (Å²) >= 11 is 0. The van der Waals surface area contributed by atoms with Crippen molar-refractivity contribution >= 4 is 34.0 Å². The van der Waals surface area contributed by atoms with Crippen LogP contribution >= 0.6 is 12.4 Å². The molecular formula is C17H25ClFN3O4S. The van der Waals surface area contributed by atoms with Crippen LogP contribution in [0.25, 0.3) is 0 Å². The fourth-order valence-electron chi connectivity index (χ4n) is 3.41. The number of halogens is 2. The van der Waals surface area contributed by atoms with Crippen molar-refractivity contribution in [2.75, 3.05) is 31.6 Å². The van der Waals surface area contributed by atoms with Gasteiger partial charge in [0.1, 0.15) is 10.7 Å². The SMILES string of the molecule is Cl.NC1CCCC(C(=O)Nc2ccc(F)c(S(=O)(=O)N3CCOCC3)c2)C1. The van der Waals surface area contributed by atoms with Gasteiger partial charge in [-0.3, -0.25) is 4.79 Å². The van der Waals surface area contributed by atoms with E-state index in [0.29, 0.717) is 6.42 Å². The van der Waals surface area contributed by atoms with Crippen LogP contribution in [0.3, 0.4) is 0 Å². The molecule has 2 unspecified atom stereocenters. The molecule has 152 valence electrons. The highest BCUT2D eigenvalue weighted by molar-refractivity contribution is 7.89. The van der Waals surface area contributed by atoms with Gasteiger partial charge in [0.25, 0.3) is 0 Å². The molecule has 10 heteroatoms. The van der Waals surface area contributed by atoms with Gasteiger partial charge in [-0.1, -0.05) is 6.42 Å². The third-order valence-corrected chi connectivity index (χ3v) is 6.79. The number of rotatable bonds is 4. The van der Waals surface area contributed by atoms with Crippen molar-refractivity contribution in [1.82, 2.24) is 4.31 Å². The number of nitrogens with two attached hydrogens (primary N) is 1.